The summed E-state index contributed by atoms with van der Waals surface area (Å²) in [7, 11) is 0. The Bertz CT molecular complexity index is 618. The van der Waals surface area contributed by atoms with Gasteiger partial charge in [-0.3, -0.25) is 9.59 Å². The van der Waals surface area contributed by atoms with Crippen molar-refractivity contribution in [2.75, 3.05) is 0 Å². The lowest BCUT2D eigenvalue weighted by Crippen LogP contribution is -2.15. The van der Waals surface area contributed by atoms with Gasteiger partial charge in [-0.2, -0.15) is 0 Å². The standard InChI is InChI=1S/C17H22O6/c1-5-7-12-9-14(22-10(3)18)13(8-6-2)16(23-11(4)19)15(12)17(20)21/h9H,5-8H2,1-4H3,(H,20,21). The zero-order valence-electron chi connectivity index (χ0n) is 13.9. The molecule has 1 rings (SSSR count). The van der Waals surface area contributed by atoms with Gasteiger partial charge in [0.15, 0.2) is 5.75 Å². The molecular formula is C17H22O6. The van der Waals surface area contributed by atoms with E-state index in [2.05, 4.69) is 0 Å². The fourth-order valence-corrected chi connectivity index (χ4v) is 2.42. The van der Waals surface area contributed by atoms with Crippen LogP contribution >= 0.6 is 0 Å². The number of aromatic carboxylic acids is 1. The highest BCUT2D eigenvalue weighted by atomic mass is 16.5. The molecular weight excluding hydrogens is 300 g/mol. The third-order valence-corrected chi connectivity index (χ3v) is 3.16. The van der Waals surface area contributed by atoms with Gasteiger partial charge in [-0.05, 0) is 24.5 Å². The van der Waals surface area contributed by atoms with Gasteiger partial charge >= 0.3 is 17.9 Å². The fraction of sp³-hybridized carbons (Fsp3) is 0.471. The predicted molar refractivity (Wildman–Crippen MR) is 84.0 cm³/mol. The topological polar surface area (TPSA) is 89.9 Å². The van der Waals surface area contributed by atoms with Gasteiger partial charge in [0.05, 0.1) is 0 Å². The number of carbonyl (C=O) groups is 3. The first-order valence-corrected chi connectivity index (χ1v) is 7.60. The van der Waals surface area contributed by atoms with Crippen LogP contribution in [0.25, 0.3) is 0 Å². The molecule has 0 radical (unpaired) electrons. The Morgan fingerprint density at radius 3 is 2.00 bits per heavy atom. The maximum Gasteiger partial charge on any atom is 0.339 e. The smallest absolute Gasteiger partial charge is 0.339 e. The van der Waals surface area contributed by atoms with E-state index in [0.717, 1.165) is 0 Å². The Hall–Kier alpha value is -2.37. The van der Waals surface area contributed by atoms with E-state index >= 15 is 0 Å². The highest BCUT2D eigenvalue weighted by molar-refractivity contribution is 5.95. The number of carboxylic acid groups (broad SMARTS) is 1. The minimum absolute atomic E-state index is 0.0194. The molecule has 0 aromatic heterocycles. The van der Waals surface area contributed by atoms with Crippen molar-refractivity contribution in [3.63, 3.8) is 0 Å². The normalized spacial score (nSPS) is 10.3. The Labute approximate surface area is 135 Å². The number of carbonyl (C=O) groups excluding carboxylic acids is 2. The van der Waals surface area contributed by atoms with Crippen LogP contribution < -0.4 is 9.47 Å². The summed E-state index contributed by atoms with van der Waals surface area (Å²) < 4.78 is 10.4. The molecule has 0 bridgehead atoms. The zero-order valence-corrected chi connectivity index (χ0v) is 13.9. The maximum absolute atomic E-state index is 11.7. The molecule has 1 N–H and O–H groups in total. The van der Waals surface area contributed by atoms with Crippen molar-refractivity contribution in [1.82, 2.24) is 0 Å². The Morgan fingerprint density at radius 2 is 1.57 bits per heavy atom. The highest BCUT2D eigenvalue weighted by Crippen LogP contribution is 2.37. The first-order valence-electron chi connectivity index (χ1n) is 7.60. The monoisotopic (exact) mass is 322 g/mol. The molecule has 0 aliphatic rings. The average molecular weight is 322 g/mol. The van der Waals surface area contributed by atoms with Crippen LogP contribution in [0.5, 0.6) is 11.5 Å². The summed E-state index contributed by atoms with van der Waals surface area (Å²) >= 11 is 0. The van der Waals surface area contributed by atoms with Gasteiger partial charge in [-0.15, -0.1) is 0 Å². The quantitative estimate of drug-likeness (QED) is 0.612. The summed E-state index contributed by atoms with van der Waals surface area (Å²) in [5, 5.41) is 9.55. The minimum atomic E-state index is -1.17. The predicted octanol–water partition coefficient (Wildman–Crippen LogP) is 3.14. The lowest BCUT2D eigenvalue weighted by atomic mass is 9.95. The van der Waals surface area contributed by atoms with Gasteiger partial charge < -0.3 is 14.6 Å². The van der Waals surface area contributed by atoms with Crippen molar-refractivity contribution in [2.24, 2.45) is 0 Å². The van der Waals surface area contributed by atoms with E-state index in [0.29, 0.717) is 36.8 Å². The van der Waals surface area contributed by atoms with Crippen LogP contribution in [0.2, 0.25) is 0 Å². The van der Waals surface area contributed by atoms with Crippen LogP contribution in [-0.2, 0) is 22.4 Å². The number of carboxylic acids is 1. The number of rotatable bonds is 7. The van der Waals surface area contributed by atoms with Crippen LogP contribution in [0.4, 0.5) is 0 Å². The molecule has 0 saturated carbocycles. The summed E-state index contributed by atoms with van der Waals surface area (Å²) in [5.74, 6) is -2.07. The maximum atomic E-state index is 11.7. The van der Waals surface area contributed by atoms with Gasteiger partial charge in [-0.1, -0.05) is 26.7 Å². The second kappa shape index (κ2) is 8.31. The van der Waals surface area contributed by atoms with E-state index in [-0.39, 0.29) is 17.1 Å². The average Bonchev–Trinajstić information content (AvgIpc) is 2.41. The number of hydrogen-bond acceptors (Lipinski definition) is 5. The minimum Gasteiger partial charge on any atom is -0.478 e. The number of benzene rings is 1. The Morgan fingerprint density at radius 1 is 1.00 bits per heavy atom. The molecule has 6 nitrogen and oxygen atoms in total. The molecule has 0 aliphatic heterocycles. The number of aryl methyl sites for hydroxylation is 1. The van der Waals surface area contributed by atoms with Crippen molar-refractivity contribution < 1.29 is 29.0 Å². The Kier molecular flexibility index (Phi) is 6.75. The van der Waals surface area contributed by atoms with E-state index in [9.17, 15) is 19.5 Å². The molecule has 0 heterocycles. The molecule has 1 aromatic rings. The highest BCUT2D eigenvalue weighted by Gasteiger charge is 2.25. The van der Waals surface area contributed by atoms with Crippen LogP contribution in [-0.4, -0.2) is 23.0 Å². The van der Waals surface area contributed by atoms with Crippen molar-refractivity contribution in [3.8, 4) is 11.5 Å². The SMILES string of the molecule is CCCc1cc(OC(C)=O)c(CCC)c(OC(C)=O)c1C(=O)O. The second-order valence-corrected chi connectivity index (χ2v) is 5.21. The van der Waals surface area contributed by atoms with E-state index in [1.807, 2.05) is 13.8 Å². The van der Waals surface area contributed by atoms with Crippen LogP contribution in [0.3, 0.4) is 0 Å². The summed E-state index contributed by atoms with van der Waals surface area (Å²) in [4.78, 5) is 34.5. The molecule has 0 atom stereocenters. The van der Waals surface area contributed by atoms with Crippen molar-refractivity contribution in [3.05, 3.63) is 22.8 Å². The molecule has 126 valence electrons. The zero-order chi connectivity index (χ0) is 17.6. The molecule has 0 saturated heterocycles. The summed E-state index contributed by atoms with van der Waals surface area (Å²) in [6.07, 6.45) is 2.27. The van der Waals surface area contributed by atoms with Crippen LogP contribution in [0.1, 0.15) is 62.0 Å². The molecule has 0 amide bonds. The molecule has 0 aliphatic carbocycles. The Balaban J connectivity index is 3.70. The van der Waals surface area contributed by atoms with E-state index < -0.39 is 17.9 Å². The van der Waals surface area contributed by atoms with E-state index in [4.69, 9.17) is 9.47 Å². The molecule has 23 heavy (non-hydrogen) atoms. The third kappa shape index (κ3) is 4.81. The van der Waals surface area contributed by atoms with Gasteiger partial charge in [0.25, 0.3) is 0 Å². The number of esters is 2. The second-order valence-electron chi connectivity index (χ2n) is 5.21. The molecule has 6 heteroatoms. The molecule has 1 aromatic carbocycles. The number of hydrogen-bond donors (Lipinski definition) is 1. The van der Waals surface area contributed by atoms with Gasteiger partial charge in [0, 0.05) is 19.4 Å². The van der Waals surface area contributed by atoms with E-state index in [1.165, 1.54) is 13.8 Å². The van der Waals surface area contributed by atoms with Crippen LogP contribution in [0.15, 0.2) is 6.07 Å². The largest absolute Gasteiger partial charge is 0.478 e. The molecule has 0 unspecified atom stereocenters. The van der Waals surface area contributed by atoms with Crippen molar-refractivity contribution >= 4 is 17.9 Å². The first kappa shape index (κ1) is 18.7. The lowest BCUT2D eigenvalue weighted by molar-refractivity contribution is -0.132. The molecule has 0 fully saturated rings. The first-order chi connectivity index (χ1) is 10.8. The van der Waals surface area contributed by atoms with Crippen molar-refractivity contribution in [2.45, 2.75) is 53.4 Å². The van der Waals surface area contributed by atoms with Gasteiger partial charge in [0.2, 0.25) is 0 Å². The van der Waals surface area contributed by atoms with E-state index in [1.54, 1.807) is 6.07 Å². The third-order valence-electron chi connectivity index (χ3n) is 3.16. The van der Waals surface area contributed by atoms with Gasteiger partial charge in [-0.25, -0.2) is 4.79 Å². The summed E-state index contributed by atoms with van der Waals surface area (Å²) in [6.45, 7) is 6.28. The van der Waals surface area contributed by atoms with Crippen LogP contribution in [0, 0.1) is 0 Å². The van der Waals surface area contributed by atoms with Gasteiger partial charge in [0.1, 0.15) is 11.3 Å². The fourth-order valence-electron chi connectivity index (χ4n) is 2.42. The lowest BCUT2D eigenvalue weighted by Gasteiger charge is -2.18. The van der Waals surface area contributed by atoms with Crippen molar-refractivity contribution in [1.29, 1.82) is 0 Å². The molecule has 0 spiro atoms. The summed E-state index contributed by atoms with van der Waals surface area (Å²) in [6, 6.07) is 1.56. The number of ether oxygens (including phenoxy) is 2. The summed E-state index contributed by atoms with van der Waals surface area (Å²) in [5.41, 5.74) is 0.865.